The van der Waals surface area contributed by atoms with E-state index in [1.54, 1.807) is 0 Å². The Hall–Kier alpha value is -1.99. The Morgan fingerprint density at radius 2 is 1.87 bits per heavy atom. The van der Waals surface area contributed by atoms with Crippen molar-refractivity contribution in [3.63, 3.8) is 0 Å². The van der Waals surface area contributed by atoms with E-state index in [0.29, 0.717) is 11.8 Å². The molecule has 0 saturated carbocycles. The quantitative estimate of drug-likeness (QED) is 0.189. The molecule has 0 saturated heterocycles. The summed E-state index contributed by atoms with van der Waals surface area (Å²) in [4.78, 5) is 9.23. The van der Waals surface area contributed by atoms with Crippen LogP contribution in [0.1, 0.15) is 0 Å². The van der Waals surface area contributed by atoms with Gasteiger partial charge in [-0.15, -0.1) is 14.1 Å². The maximum absolute atomic E-state index is 6.27. The van der Waals surface area contributed by atoms with Crippen molar-refractivity contribution in [2.24, 2.45) is 0 Å². The third-order valence-corrected chi connectivity index (χ3v) is 7.46. The molecule has 4 nitrogen and oxygen atoms in total. The highest BCUT2D eigenvalue weighted by Gasteiger charge is 2.16. The Kier molecular flexibility index (Phi) is 6.62. The van der Waals surface area contributed by atoms with Gasteiger partial charge in [0.05, 0.1) is 23.2 Å². The first-order valence-corrected chi connectivity index (χ1v) is 15.1. The zero-order chi connectivity index (χ0) is 22.0. The highest BCUT2D eigenvalue weighted by Crippen LogP contribution is 2.34. The number of halogens is 2. The molecule has 31 heavy (non-hydrogen) atoms. The van der Waals surface area contributed by atoms with Crippen LogP contribution in [0.25, 0.3) is 33.4 Å². The third-order valence-electron chi connectivity index (χ3n) is 5.08. The minimum absolute atomic E-state index is 0.460. The van der Waals surface area contributed by atoms with Crippen LogP contribution in [0.3, 0.4) is 0 Å². The van der Waals surface area contributed by atoms with E-state index in [1.165, 1.54) is 0 Å². The van der Waals surface area contributed by atoms with Gasteiger partial charge in [-0.05, 0) is 46.3 Å². The molecule has 0 N–H and O–H groups in total. The van der Waals surface area contributed by atoms with E-state index < -0.39 is 8.07 Å². The lowest BCUT2D eigenvalue weighted by Gasteiger charge is -2.26. The normalized spacial score (nSPS) is 11.9. The van der Waals surface area contributed by atoms with Gasteiger partial charge < -0.3 is 9.30 Å². The first kappa shape index (κ1) is 22.2. The van der Waals surface area contributed by atoms with Gasteiger partial charge in [-0.25, -0.2) is 4.98 Å². The number of hydrogen-bond acceptors (Lipinski definition) is 3. The van der Waals surface area contributed by atoms with Crippen molar-refractivity contribution in [1.82, 2.24) is 14.5 Å². The number of aromatic nitrogens is 3. The van der Waals surface area contributed by atoms with Crippen LogP contribution in [0.5, 0.6) is 0 Å². The SMILES string of the molecule is C[Si-](C)(C)CCOCn1cnc(-c2cccc(Cl)c2)c1-c1ccc2ncc(Br)cc2c1. The van der Waals surface area contributed by atoms with Crippen LogP contribution in [0.4, 0.5) is 0 Å². The second-order valence-corrected chi connectivity index (χ2v) is 15.8. The minimum Gasteiger partial charge on any atom is -0.364 e. The van der Waals surface area contributed by atoms with E-state index in [1.807, 2.05) is 42.9 Å². The van der Waals surface area contributed by atoms with Crippen LogP contribution < -0.4 is 0 Å². The van der Waals surface area contributed by atoms with E-state index in [9.17, 15) is 0 Å². The van der Waals surface area contributed by atoms with Gasteiger partial charge in [-0.1, -0.05) is 29.8 Å². The first-order chi connectivity index (χ1) is 14.8. The molecule has 0 aliphatic carbocycles. The summed E-state index contributed by atoms with van der Waals surface area (Å²) < 4.78 is 9.08. The molecule has 0 amide bonds. The van der Waals surface area contributed by atoms with Crippen molar-refractivity contribution in [3.05, 3.63) is 70.6 Å². The predicted octanol–water partition coefficient (Wildman–Crippen LogP) is 7.49. The highest BCUT2D eigenvalue weighted by molar-refractivity contribution is 9.10. The molecule has 0 aliphatic rings. The Bertz CT molecular complexity index is 1220. The number of benzene rings is 2. The lowest BCUT2D eigenvalue weighted by molar-refractivity contribution is 0.0882. The minimum atomic E-state index is -1.14. The van der Waals surface area contributed by atoms with Crippen LogP contribution in [-0.2, 0) is 11.5 Å². The summed E-state index contributed by atoms with van der Waals surface area (Å²) in [6.07, 6.45) is 3.67. The van der Waals surface area contributed by atoms with Gasteiger partial charge in [0.1, 0.15) is 6.73 Å². The number of ether oxygens (including phenoxy) is 1. The molecule has 0 bridgehead atoms. The van der Waals surface area contributed by atoms with Gasteiger partial charge in [-0.2, -0.15) is 19.6 Å². The summed E-state index contributed by atoms with van der Waals surface area (Å²) in [5, 5.41) is 1.76. The predicted molar refractivity (Wildman–Crippen MR) is 135 cm³/mol. The van der Waals surface area contributed by atoms with Crippen molar-refractivity contribution in [1.29, 1.82) is 0 Å². The Morgan fingerprint density at radius 3 is 2.65 bits per heavy atom. The van der Waals surface area contributed by atoms with Gasteiger partial charge in [0.15, 0.2) is 0 Å². The number of fused-ring (bicyclic) bond motifs is 1. The van der Waals surface area contributed by atoms with E-state index >= 15 is 0 Å². The van der Waals surface area contributed by atoms with Crippen molar-refractivity contribution >= 4 is 46.5 Å². The topological polar surface area (TPSA) is 39.9 Å². The smallest absolute Gasteiger partial charge is 0.124 e. The third kappa shape index (κ3) is 5.44. The van der Waals surface area contributed by atoms with Crippen LogP contribution >= 0.6 is 27.5 Å². The standard InChI is InChI=1S/C24H25BrClN3OSi/c1-31(2,3)10-9-30-16-29-15-28-23(17-5-4-6-21(26)13-17)24(29)18-7-8-22-19(11-18)12-20(25)14-27-22/h4-8,11-15H,9-10,16H2,1-3H3/q-1. The summed E-state index contributed by atoms with van der Waals surface area (Å²) in [6, 6.07) is 17.3. The van der Waals surface area contributed by atoms with Crippen molar-refractivity contribution < 1.29 is 4.74 Å². The Morgan fingerprint density at radius 1 is 1.03 bits per heavy atom. The van der Waals surface area contributed by atoms with E-state index in [0.717, 1.165) is 50.5 Å². The fraction of sp³-hybridized carbons (Fsp3) is 0.250. The van der Waals surface area contributed by atoms with Crippen LogP contribution in [0.15, 0.2) is 65.5 Å². The molecule has 161 valence electrons. The number of hydrogen-bond donors (Lipinski definition) is 0. The summed E-state index contributed by atoms with van der Waals surface area (Å²) >= 11 is 9.80. The van der Waals surface area contributed by atoms with Gasteiger partial charge in [0.25, 0.3) is 0 Å². The summed E-state index contributed by atoms with van der Waals surface area (Å²) in [7, 11) is -1.14. The molecule has 2 aromatic heterocycles. The van der Waals surface area contributed by atoms with Gasteiger partial charge >= 0.3 is 0 Å². The Balaban J connectivity index is 1.75. The number of nitrogens with zero attached hydrogens (tertiary/aromatic N) is 3. The molecule has 2 heterocycles. The molecule has 0 radical (unpaired) electrons. The lowest BCUT2D eigenvalue weighted by Crippen LogP contribution is -2.22. The van der Waals surface area contributed by atoms with Crippen LogP contribution in [0, 0.1) is 0 Å². The maximum Gasteiger partial charge on any atom is 0.124 e. The first-order valence-electron chi connectivity index (χ1n) is 10.2. The lowest BCUT2D eigenvalue weighted by atomic mass is 10.0. The molecule has 7 heteroatoms. The molecule has 0 aliphatic heterocycles. The zero-order valence-corrected chi connectivity index (χ0v) is 21.2. The molecule has 0 fully saturated rings. The molecule has 4 aromatic rings. The molecule has 4 rings (SSSR count). The van der Waals surface area contributed by atoms with Gasteiger partial charge in [0, 0.05) is 38.8 Å². The largest absolute Gasteiger partial charge is 0.364 e. The van der Waals surface area contributed by atoms with E-state index in [-0.39, 0.29) is 0 Å². The Labute approximate surface area is 197 Å². The average molecular weight is 515 g/mol. The molecular formula is C24H25BrClN3OSi-. The van der Waals surface area contributed by atoms with E-state index in [4.69, 9.17) is 21.3 Å². The summed E-state index contributed by atoms with van der Waals surface area (Å²) in [5.41, 5.74) is 4.90. The molecule has 0 spiro atoms. The summed E-state index contributed by atoms with van der Waals surface area (Å²) in [5.74, 6) is 0. The molecule has 2 aromatic carbocycles. The average Bonchev–Trinajstić information content (AvgIpc) is 3.14. The number of pyridine rings is 1. The fourth-order valence-corrected chi connectivity index (χ4v) is 4.72. The molecule has 0 unspecified atom stereocenters. The highest BCUT2D eigenvalue weighted by atomic mass is 79.9. The monoisotopic (exact) mass is 513 g/mol. The second-order valence-electron chi connectivity index (χ2n) is 8.83. The molecular weight excluding hydrogens is 490 g/mol. The van der Waals surface area contributed by atoms with Crippen molar-refractivity contribution in [2.75, 3.05) is 6.61 Å². The van der Waals surface area contributed by atoms with Crippen LogP contribution in [-0.4, -0.2) is 29.2 Å². The van der Waals surface area contributed by atoms with E-state index in [2.05, 4.69) is 63.3 Å². The molecule has 0 atom stereocenters. The number of imidazole rings is 1. The maximum atomic E-state index is 6.27. The van der Waals surface area contributed by atoms with Crippen LogP contribution in [0.2, 0.25) is 30.7 Å². The summed E-state index contributed by atoms with van der Waals surface area (Å²) in [6.45, 7) is 8.29. The fourth-order valence-electron chi connectivity index (χ4n) is 3.42. The zero-order valence-electron chi connectivity index (χ0n) is 17.9. The van der Waals surface area contributed by atoms with Crippen molar-refractivity contribution in [3.8, 4) is 22.5 Å². The van der Waals surface area contributed by atoms with Gasteiger partial charge in [-0.3, -0.25) is 4.98 Å². The second kappa shape index (κ2) is 9.24. The van der Waals surface area contributed by atoms with Crippen molar-refractivity contribution in [2.45, 2.75) is 32.4 Å². The number of rotatable bonds is 7. The van der Waals surface area contributed by atoms with Gasteiger partial charge in [0.2, 0.25) is 0 Å².